The van der Waals surface area contributed by atoms with Crippen LogP contribution in [0, 0.1) is 19.8 Å². The van der Waals surface area contributed by atoms with E-state index in [9.17, 15) is 18.0 Å². The van der Waals surface area contributed by atoms with Crippen molar-refractivity contribution in [2.24, 2.45) is 5.92 Å². The zero-order valence-electron chi connectivity index (χ0n) is 22.7. The van der Waals surface area contributed by atoms with Gasteiger partial charge in [0.2, 0.25) is 11.8 Å². The molecule has 38 heavy (non-hydrogen) atoms. The van der Waals surface area contributed by atoms with Crippen LogP contribution in [0.5, 0.6) is 0 Å². The third-order valence-corrected chi connectivity index (χ3v) is 8.17. The molecule has 7 nitrogen and oxygen atoms in total. The zero-order chi connectivity index (χ0) is 27.9. The minimum Gasteiger partial charge on any atom is -0.354 e. The molecule has 0 aliphatic heterocycles. The minimum absolute atomic E-state index is 0.0907. The molecule has 0 heterocycles. The molecule has 0 fully saturated rings. The Kier molecular flexibility index (Phi) is 9.69. The maximum Gasteiger partial charge on any atom is 0.264 e. The number of sulfonamides is 1. The van der Waals surface area contributed by atoms with Crippen LogP contribution >= 0.6 is 0 Å². The van der Waals surface area contributed by atoms with Crippen LogP contribution in [0.1, 0.15) is 37.5 Å². The number of nitrogens with zero attached hydrogens (tertiary/aromatic N) is 2. The highest BCUT2D eigenvalue weighted by molar-refractivity contribution is 7.92. The number of benzene rings is 3. The Morgan fingerprint density at radius 3 is 2.05 bits per heavy atom. The molecule has 0 aliphatic carbocycles. The van der Waals surface area contributed by atoms with Crippen LogP contribution < -0.4 is 9.62 Å². The van der Waals surface area contributed by atoms with Gasteiger partial charge < -0.3 is 10.2 Å². The standard InChI is InChI=1S/C30H37N3O4S/c1-22(2)19-31-30(35)25(5)32(20-26-12-10-9-11-24(26)4)29(34)21-33(27-13-7-6-8-14-27)38(36,37)28-17-15-23(3)16-18-28/h6-18,22,25H,19-21H2,1-5H3,(H,31,35)/t25-/m0/s1. The number of hydrogen-bond acceptors (Lipinski definition) is 4. The van der Waals surface area contributed by atoms with E-state index in [-0.39, 0.29) is 23.3 Å². The van der Waals surface area contributed by atoms with Gasteiger partial charge in [-0.05, 0) is 62.1 Å². The molecule has 3 rings (SSSR count). The van der Waals surface area contributed by atoms with E-state index >= 15 is 0 Å². The van der Waals surface area contributed by atoms with E-state index in [1.807, 2.05) is 52.0 Å². The van der Waals surface area contributed by atoms with E-state index in [4.69, 9.17) is 0 Å². The summed E-state index contributed by atoms with van der Waals surface area (Å²) in [4.78, 5) is 28.5. The van der Waals surface area contributed by atoms with Gasteiger partial charge in [-0.2, -0.15) is 0 Å². The second-order valence-electron chi connectivity index (χ2n) is 9.92. The molecule has 8 heteroatoms. The van der Waals surface area contributed by atoms with Crippen molar-refractivity contribution in [2.75, 3.05) is 17.4 Å². The Balaban J connectivity index is 1.99. The number of anilines is 1. The minimum atomic E-state index is -4.06. The van der Waals surface area contributed by atoms with E-state index < -0.39 is 28.5 Å². The number of carbonyl (C=O) groups is 2. The van der Waals surface area contributed by atoms with Gasteiger partial charge in [-0.15, -0.1) is 0 Å². The third-order valence-electron chi connectivity index (χ3n) is 6.39. The molecular formula is C30H37N3O4S. The average molecular weight is 536 g/mol. The Bertz CT molecular complexity index is 1340. The van der Waals surface area contributed by atoms with Gasteiger partial charge in [-0.3, -0.25) is 13.9 Å². The summed E-state index contributed by atoms with van der Waals surface area (Å²) >= 11 is 0. The monoisotopic (exact) mass is 535 g/mol. The smallest absolute Gasteiger partial charge is 0.264 e. The highest BCUT2D eigenvalue weighted by Gasteiger charge is 2.32. The van der Waals surface area contributed by atoms with Crippen molar-refractivity contribution in [1.82, 2.24) is 10.2 Å². The molecule has 202 valence electrons. The van der Waals surface area contributed by atoms with Crippen LogP contribution in [0.2, 0.25) is 0 Å². The second kappa shape index (κ2) is 12.7. The molecule has 0 aromatic heterocycles. The van der Waals surface area contributed by atoms with Crippen LogP contribution in [0.15, 0.2) is 83.8 Å². The summed E-state index contributed by atoms with van der Waals surface area (Å²) < 4.78 is 28.7. The van der Waals surface area contributed by atoms with Crippen LogP contribution in [-0.4, -0.2) is 44.3 Å². The zero-order valence-corrected chi connectivity index (χ0v) is 23.5. The van der Waals surface area contributed by atoms with Crippen LogP contribution in [0.3, 0.4) is 0 Å². The highest BCUT2D eigenvalue weighted by atomic mass is 32.2. The maximum atomic E-state index is 13.9. The molecule has 0 bridgehead atoms. The molecule has 0 saturated heterocycles. The molecular weight excluding hydrogens is 498 g/mol. The lowest BCUT2D eigenvalue weighted by molar-refractivity contribution is -0.139. The van der Waals surface area contributed by atoms with Crippen molar-refractivity contribution in [1.29, 1.82) is 0 Å². The fourth-order valence-electron chi connectivity index (χ4n) is 3.97. The summed E-state index contributed by atoms with van der Waals surface area (Å²) in [7, 11) is -4.06. The van der Waals surface area contributed by atoms with Crippen molar-refractivity contribution >= 4 is 27.5 Å². The van der Waals surface area contributed by atoms with Crippen molar-refractivity contribution < 1.29 is 18.0 Å². The average Bonchev–Trinajstić information content (AvgIpc) is 2.90. The highest BCUT2D eigenvalue weighted by Crippen LogP contribution is 2.25. The van der Waals surface area contributed by atoms with Crippen LogP contribution in [0.4, 0.5) is 5.69 Å². The number of amides is 2. The van der Waals surface area contributed by atoms with Gasteiger partial charge in [0.1, 0.15) is 12.6 Å². The molecule has 0 saturated carbocycles. The summed E-state index contributed by atoms with van der Waals surface area (Å²) in [5.41, 5.74) is 3.16. The molecule has 1 atom stereocenters. The quantitative estimate of drug-likeness (QED) is 0.386. The first-order valence-electron chi connectivity index (χ1n) is 12.8. The van der Waals surface area contributed by atoms with Gasteiger partial charge in [0, 0.05) is 13.1 Å². The predicted octanol–water partition coefficient (Wildman–Crippen LogP) is 4.69. The fraction of sp³-hybridized carbons (Fsp3) is 0.333. The topological polar surface area (TPSA) is 86.8 Å². The van der Waals surface area contributed by atoms with Gasteiger partial charge in [0.05, 0.1) is 10.6 Å². The van der Waals surface area contributed by atoms with E-state index in [0.717, 1.165) is 21.0 Å². The first-order valence-corrected chi connectivity index (χ1v) is 14.2. The van der Waals surface area contributed by atoms with E-state index in [1.165, 1.54) is 17.0 Å². The van der Waals surface area contributed by atoms with Crippen molar-refractivity contribution in [3.05, 3.63) is 95.6 Å². The molecule has 1 N–H and O–H groups in total. The maximum absolute atomic E-state index is 13.9. The lowest BCUT2D eigenvalue weighted by Crippen LogP contribution is -2.51. The molecule has 0 unspecified atom stereocenters. The first kappa shape index (κ1) is 28.9. The predicted molar refractivity (Wildman–Crippen MR) is 151 cm³/mol. The Hall–Kier alpha value is -3.65. The van der Waals surface area contributed by atoms with Gasteiger partial charge in [0.15, 0.2) is 0 Å². The van der Waals surface area contributed by atoms with Gasteiger partial charge in [-0.25, -0.2) is 8.42 Å². The summed E-state index contributed by atoms with van der Waals surface area (Å²) in [6.07, 6.45) is 0. The number of carbonyl (C=O) groups excluding carboxylic acids is 2. The number of hydrogen-bond donors (Lipinski definition) is 1. The van der Waals surface area contributed by atoms with Gasteiger partial charge in [-0.1, -0.05) is 74.0 Å². The van der Waals surface area contributed by atoms with Crippen molar-refractivity contribution in [2.45, 2.75) is 52.1 Å². The van der Waals surface area contributed by atoms with E-state index in [1.54, 1.807) is 49.4 Å². The summed E-state index contributed by atoms with van der Waals surface area (Å²) in [5, 5.41) is 2.90. The Morgan fingerprint density at radius 2 is 1.45 bits per heavy atom. The van der Waals surface area contributed by atoms with Crippen LogP contribution in [0.25, 0.3) is 0 Å². The fourth-order valence-corrected chi connectivity index (χ4v) is 5.38. The Labute approximate surface area is 226 Å². The Morgan fingerprint density at radius 1 is 0.842 bits per heavy atom. The SMILES string of the molecule is Cc1ccc(S(=O)(=O)N(CC(=O)N(Cc2ccccc2C)[C@@H](C)C(=O)NCC(C)C)c2ccccc2)cc1. The summed E-state index contributed by atoms with van der Waals surface area (Å²) in [6, 6.07) is 21.9. The number of aryl methyl sites for hydroxylation is 2. The largest absolute Gasteiger partial charge is 0.354 e. The molecule has 3 aromatic carbocycles. The van der Waals surface area contributed by atoms with E-state index in [2.05, 4.69) is 5.32 Å². The number of para-hydroxylation sites is 1. The van der Waals surface area contributed by atoms with Gasteiger partial charge in [0.25, 0.3) is 10.0 Å². The summed E-state index contributed by atoms with van der Waals surface area (Å²) in [6.45, 7) is 9.69. The molecule has 3 aromatic rings. The lowest BCUT2D eigenvalue weighted by Gasteiger charge is -2.32. The molecule has 0 spiro atoms. The van der Waals surface area contributed by atoms with Crippen molar-refractivity contribution in [3.63, 3.8) is 0 Å². The molecule has 2 amide bonds. The third kappa shape index (κ3) is 7.22. The normalized spacial score (nSPS) is 12.2. The van der Waals surface area contributed by atoms with Gasteiger partial charge >= 0.3 is 0 Å². The van der Waals surface area contributed by atoms with Crippen molar-refractivity contribution in [3.8, 4) is 0 Å². The van der Waals surface area contributed by atoms with Crippen LogP contribution in [-0.2, 0) is 26.2 Å². The summed E-state index contributed by atoms with van der Waals surface area (Å²) in [5.74, 6) is -0.506. The number of rotatable bonds is 11. The molecule has 0 aliphatic rings. The molecule has 0 radical (unpaired) electrons. The first-order chi connectivity index (χ1) is 18.0. The lowest BCUT2D eigenvalue weighted by atomic mass is 10.1. The van der Waals surface area contributed by atoms with E-state index in [0.29, 0.717) is 12.2 Å². The number of nitrogens with one attached hydrogen (secondary N) is 1. The second-order valence-corrected chi connectivity index (χ2v) is 11.8.